The summed E-state index contributed by atoms with van der Waals surface area (Å²) in [6, 6.07) is 0.988. The van der Waals surface area contributed by atoms with E-state index in [1.54, 1.807) is 0 Å². The van der Waals surface area contributed by atoms with Gasteiger partial charge in [0.25, 0.3) is 6.43 Å². The van der Waals surface area contributed by atoms with E-state index >= 15 is 0 Å². The molecule has 0 radical (unpaired) electrons. The number of rotatable bonds is 3. The second kappa shape index (κ2) is 4.68. The van der Waals surface area contributed by atoms with Crippen molar-refractivity contribution >= 4 is 5.97 Å². The molecule has 1 rings (SSSR count). The van der Waals surface area contributed by atoms with Crippen molar-refractivity contribution in [2.75, 3.05) is 7.11 Å². The van der Waals surface area contributed by atoms with E-state index in [4.69, 9.17) is 0 Å². The van der Waals surface area contributed by atoms with E-state index in [-0.39, 0.29) is 12.1 Å². The van der Waals surface area contributed by atoms with Crippen molar-refractivity contribution in [2.45, 2.75) is 12.8 Å². The number of alkyl halides is 2. The average Bonchev–Trinajstić information content (AvgIpc) is 2.17. The van der Waals surface area contributed by atoms with Crippen LogP contribution in [-0.4, -0.2) is 18.1 Å². The van der Waals surface area contributed by atoms with Gasteiger partial charge in [0.15, 0.2) is 5.43 Å². The summed E-state index contributed by atoms with van der Waals surface area (Å²) < 4.78 is 29.3. The molecule has 0 aromatic carbocycles. The summed E-state index contributed by atoms with van der Waals surface area (Å²) in [7, 11) is 1.14. The fraction of sp³-hybridized carbons (Fsp3) is 0.333. The van der Waals surface area contributed by atoms with Gasteiger partial charge in [0.1, 0.15) is 0 Å². The topological polar surface area (TPSA) is 59.2 Å². The molecule has 0 saturated carbocycles. The number of H-pyrrole nitrogens is 1. The van der Waals surface area contributed by atoms with Crippen LogP contribution in [0.5, 0.6) is 0 Å². The van der Waals surface area contributed by atoms with Crippen molar-refractivity contribution in [1.29, 1.82) is 0 Å². The van der Waals surface area contributed by atoms with E-state index in [9.17, 15) is 18.4 Å². The molecular weight excluding hydrogens is 208 g/mol. The number of hydrogen-bond donors (Lipinski definition) is 1. The summed E-state index contributed by atoms with van der Waals surface area (Å²) in [6.07, 6.45) is -2.06. The summed E-state index contributed by atoms with van der Waals surface area (Å²) in [4.78, 5) is 24.4. The van der Waals surface area contributed by atoms with E-state index in [1.807, 2.05) is 0 Å². The Hall–Kier alpha value is -1.72. The molecule has 0 aliphatic heterocycles. The number of carbonyl (C=O) groups excluding carboxylic acids is 1. The fourth-order valence-corrected chi connectivity index (χ4v) is 1.14. The summed E-state index contributed by atoms with van der Waals surface area (Å²) in [5.41, 5.74) is -1.57. The average molecular weight is 217 g/mol. The van der Waals surface area contributed by atoms with E-state index < -0.39 is 23.4 Å². The molecule has 0 saturated heterocycles. The van der Waals surface area contributed by atoms with Crippen molar-refractivity contribution in [3.8, 4) is 0 Å². The molecule has 0 unspecified atom stereocenters. The standard InChI is InChI=1S/C9H9F2NO3/c1-15-7(14)4-5-8(9(10)11)6(13)2-3-12-5/h2-3,9H,4H2,1H3,(H,12,13). The normalized spacial score (nSPS) is 10.4. The van der Waals surface area contributed by atoms with Crippen LogP contribution < -0.4 is 5.43 Å². The Morgan fingerprint density at radius 2 is 2.27 bits per heavy atom. The smallest absolute Gasteiger partial charge is 0.311 e. The molecule has 0 amide bonds. The minimum atomic E-state index is -2.91. The Balaban J connectivity index is 3.12. The molecule has 1 aromatic rings. The second-order valence-electron chi connectivity index (χ2n) is 2.79. The molecule has 0 fully saturated rings. The highest BCUT2D eigenvalue weighted by molar-refractivity contribution is 5.72. The van der Waals surface area contributed by atoms with E-state index in [0.29, 0.717) is 0 Å². The molecule has 1 aromatic heterocycles. The Morgan fingerprint density at radius 1 is 1.60 bits per heavy atom. The highest BCUT2D eigenvalue weighted by Crippen LogP contribution is 2.18. The zero-order chi connectivity index (χ0) is 11.4. The molecule has 4 nitrogen and oxygen atoms in total. The predicted octanol–water partition coefficient (Wildman–Crippen LogP) is 1.03. The van der Waals surface area contributed by atoms with Crippen molar-refractivity contribution in [1.82, 2.24) is 4.98 Å². The molecule has 1 heterocycles. The van der Waals surface area contributed by atoms with Crippen LogP contribution in [0, 0.1) is 0 Å². The van der Waals surface area contributed by atoms with Gasteiger partial charge in [-0.1, -0.05) is 0 Å². The van der Waals surface area contributed by atoms with E-state index in [0.717, 1.165) is 13.2 Å². The summed E-state index contributed by atoms with van der Waals surface area (Å²) in [5.74, 6) is -0.682. The van der Waals surface area contributed by atoms with E-state index in [1.165, 1.54) is 6.20 Å². The van der Waals surface area contributed by atoms with Crippen LogP contribution in [0.15, 0.2) is 17.1 Å². The summed E-state index contributed by atoms with van der Waals surface area (Å²) in [6.45, 7) is 0. The molecule has 82 valence electrons. The first kappa shape index (κ1) is 11.4. The second-order valence-corrected chi connectivity index (χ2v) is 2.79. The van der Waals surface area contributed by atoms with Gasteiger partial charge in [-0.2, -0.15) is 0 Å². The Morgan fingerprint density at radius 3 is 2.80 bits per heavy atom. The first-order chi connectivity index (χ1) is 7.06. The van der Waals surface area contributed by atoms with Gasteiger partial charge in [0.05, 0.1) is 19.1 Å². The maximum Gasteiger partial charge on any atom is 0.311 e. The zero-order valence-corrected chi connectivity index (χ0v) is 7.92. The molecule has 15 heavy (non-hydrogen) atoms. The lowest BCUT2D eigenvalue weighted by molar-refractivity contribution is -0.139. The summed E-state index contributed by atoms with van der Waals surface area (Å²) >= 11 is 0. The van der Waals surface area contributed by atoms with Crippen LogP contribution in [-0.2, 0) is 16.0 Å². The van der Waals surface area contributed by atoms with Gasteiger partial charge in [-0.05, 0) is 0 Å². The van der Waals surface area contributed by atoms with Crippen molar-refractivity contribution < 1.29 is 18.3 Å². The number of ether oxygens (including phenoxy) is 1. The van der Waals surface area contributed by atoms with E-state index in [2.05, 4.69) is 9.72 Å². The molecule has 0 aliphatic carbocycles. The lowest BCUT2D eigenvalue weighted by Gasteiger charge is -2.06. The predicted molar refractivity (Wildman–Crippen MR) is 47.7 cm³/mol. The number of halogens is 2. The van der Waals surface area contributed by atoms with Gasteiger partial charge < -0.3 is 9.72 Å². The highest BCUT2D eigenvalue weighted by atomic mass is 19.3. The van der Waals surface area contributed by atoms with Crippen LogP contribution >= 0.6 is 0 Å². The maximum absolute atomic E-state index is 12.5. The van der Waals surface area contributed by atoms with Gasteiger partial charge >= 0.3 is 5.97 Å². The number of carbonyl (C=O) groups is 1. The monoisotopic (exact) mass is 217 g/mol. The number of aromatic nitrogens is 1. The number of nitrogens with one attached hydrogen (secondary N) is 1. The summed E-state index contributed by atoms with van der Waals surface area (Å²) in [5, 5.41) is 0. The van der Waals surface area contributed by atoms with Gasteiger partial charge in [-0.15, -0.1) is 0 Å². The van der Waals surface area contributed by atoms with Crippen molar-refractivity contribution in [3.63, 3.8) is 0 Å². The number of hydrogen-bond acceptors (Lipinski definition) is 3. The number of methoxy groups -OCH3 is 1. The molecule has 0 bridgehead atoms. The quantitative estimate of drug-likeness (QED) is 0.769. The first-order valence-corrected chi connectivity index (χ1v) is 4.11. The van der Waals surface area contributed by atoms with Crippen LogP contribution in [0.3, 0.4) is 0 Å². The van der Waals surface area contributed by atoms with Crippen LogP contribution in [0.25, 0.3) is 0 Å². The van der Waals surface area contributed by atoms with Crippen LogP contribution in [0.1, 0.15) is 17.7 Å². The number of pyridine rings is 1. The Labute approximate surface area is 83.9 Å². The van der Waals surface area contributed by atoms with Gasteiger partial charge in [0, 0.05) is 18.0 Å². The minimum Gasteiger partial charge on any atom is -0.469 e. The third kappa shape index (κ3) is 2.61. The van der Waals surface area contributed by atoms with Crippen molar-refractivity contribution in [2.24, 2.45) is 0 Å². The molecule has 1 N–H and O–H groups in total. The maximum atomic E-state index is 12.5. The van der Waals surface area contributed by atoms with Gasteiger partial charge in [0.2, 0.25) is 0 Å². The number of aromatic amines is 1. The van der Waals surface area contributed by atoms with Crippen LogP contribution in [0.4, 0.5) is 8.78 Å². The number of esters is 1. The van der Waals surface area contributed by atoms with Crippen molar-refractivity contribution in [3.05, 3.63) is 33.7 Å². The highest BCUT2D eigenvalue weighted by Gasteiger charge is 2.19. The largest absolute Gasteiger partial charge is 0.469 e. The fourth-order valence-electron chi connectivity index (χ4n) is 1.14. The lowest BCUT2D eigenvalue weighted by Crippen LogP contribution is -2.16. The molecular formula is C9H9F2NO3. The third-order valence-electron chi connectivity index (χ3n) is 1.85. The third-order valence-corrected chi connectivity index (χ3v) is 1.85. The Kier molecular flexibility index (Phi) is 3.54. The minimum absolute atomic E-state index is 0.107. The molecule has 0 spiro atoms. The lowest BCUT2D eigenvalue weighted by atomic mass is 10.1. The zero-order valence-electron chi connectivity index (χ0n) is 7.92. The van der Waals surface area contributed by atoms with Gasteiger partial charge in [-0.3, -0.25) is 9.59 Å². The Bertz CT molecular complexity index is 414. The molecule has 6 heteroatoms. The SMILES string of the molecule is COC(=O)Cc1[nH]ccc(=O)c1C(F)F. The molecule has 0 aliphatic rings. The first-order valence-electron chi connectivity index (χ1n) is 4.11. The molecule has 0 atom stereocenters. The van der Waals surface area contributed by atoms with Gasteiger partial charge in [-0.25, -0.2) is 8.78 Å². The van der Waals surface area contributed by atoms with Crippen LogP contribution in [0.2, 0.25) is 0 Å².